The number of rotatable bonds is 8. The van der Waals surface area contributed by atoms with Crippen LogP contribution in [0.2, 0.25) is 0 Å². The molecule has 8 heteroatoms. The topological polar surface area (TPSA) is 84.3 Å². The summed E-state index contributed by atoms with van der Waals surface area (Å²) < 4.78 is 28.9. The molecule has 1 amide bonds. The molecule has 1 heterocycles. The molecule has 0 bridgehead atoms. The molecule has 2 aromatic rings. The van der Waals surface area contributed by atoms with Gasteiger partial charge in [-0.2, -0.15) is 9.40 Å². The number of amides is 1. The number of hydrogen-bond donors (Lipinski definition) is 1. The van der Waals surface area contributed by atoms with E-state index in [-0.39, 0.29) is 22.9 Å². The lowest BCUT2D eigenvalue weighted by Gasteiger charge is -2.43. The zero-order valence-corrected chi connectivity index (χ0v) is 18.4. The van der Waals surface area contributed by atoms with Gasteiger partial charge in [0.25, 0.3) is 0 Å². The first kappa shape index (κ1) is 21.5. The molecule has 0 spiro atoms. The smallest absolute Gasteiger partial charge is 0.246 e. The van der Waals surface area contributed by atoms with Crippen molar-refractivity contribution in [2.75, 3.05) is 13.1 Å². The van der Waals surface area contributed by atoms with E-state index < -0.39 is 10.0 Å². The van der Waals surface area contributed by atoms with E-state index in [2.05, 4.69) is 10.4 Å². The van der Waals surface area contributed by atoms with Crippen molar-refractivity contribution in [1.29, 1.82) is 0 Å². The second-order valence-corrected chi connectivity index (χ2v) is 9.47. The number of nitrogens with zero attached hydrogens (tertiary/aromatic N) is 3. The third kappa shape index (κ3) is 3.96. The maximum atomic E-state index is 13.0. The van der Waals surface area contributed by atoms with Gasteiger partial charge in [0.05, 0.1) is 16.9 Å². The lowest BCUT2D eigenvalue weighted by Crippen LogP contribution is -2.51. The molecule has 1 aromatic heterocycles. The van der Waals surface area contributed by atoms with Crippen molar-refractivity contribution in [1.82, 2.24) is 19.4 Å². The fourth-order valence-electron chi connectivity index (χ4n) is 4.12. The number of aromatic nitrogens is 2. The van der Waals surface area contributed by atoms with Crippen molar-refractivity contribution in [3.63, 3.8) is 0 Å². The Hall–Kier alpha value is -2.19. The highest BCUT2D eigenvalue weighted by Gasteiger charge is 2.40. The molecule has 0 radical (unpaired) electrons. The summed E-state index contributed by atoms with van der Waals surface area (Å²) in [6.07, 6.45) is 2.88. The third-order valence-corrected chi connectivity index (χ3v) is 8.13. The highest BCUT2D eigenvalue weighted by Crippen LogP contribution is 2.41. The Morgan fingerprint density at radius 1 is 1.17 bits per heavy atom. The van der Waals surface area contributed by atoms with E-state index in [1.54, 1.807) is 13.8 Å². The average molecular weight is 419 g/mol. The maximum absolute atomic E-state index is 13.0. The van der Waals surface area contributed by atoms with Crippen molar-refractivity contribution in [2.45, 2.75) is 63.9 Å². The van der Waals surface area contributed by atoms with E-state index in [0.29, 0.717) is 24.5 Å². The molecule has 1 N–H and O–H groups in total. The molecule has 7 nitrogen and oxygen atoms in total. The Morgan fingerprint density at radius 2 is 1.79 bits per heavy atom. The fourth-order valence-corrected chi connectivity index (χ4v) is 5.95. The van der Waals surface area contributed by atoms with Crippen LogP contribution in [0.5, 0.6) is 0 Å². The van der Waals surface area contributed by atoms with Gasteiger partial charge >= 0.3 is 0 Å². The summed E-state index contributed by atoms with van der Waals surface area (Å²) >= 11 is 0. The van der Waals surface area contributed by atoms with Crippen LogP contribution in [0.3, 0.4) is 0 Å². The molecular weight excluding hydrogens is 388 g/mol. The van der Waals surface area contributed by atoms with E-state index in [1.807, 2.05) is 44.2 Å². The lowest BCUT2D eigenvalue weighted by molar-refractivity contribution is -0.125. The van der Waals surface area contributed by atoms with Crippen LogP contribution in [0.15, 0.2) is 35.2 Å². The fraction of sp³-hybridized carbons (Fsp3) is 0.524. The van der Waals surface area contributed by atoms with Crippen molar-refractivity contribution in [2.24, 2.45) is 0 Å². The van der Waals surface area contributed by atoms with Gasteiger partial charge in [-0.15, -0.1) is 0 Å². The molecule has 158 valence electrons. The van der Waals surface area contributed by atoms with E-state index in [9.17, 15) is 13.2 Å². The molecule has 0 unspecified atom stereocenters. The van der Waals surface area contributed by atoms with Crippen molar-refractivity contribution in [3.8, 4) is 0 Å². The Kier molecular flexibility index (Phi) is 6.14. The monoisotopic (exact) mass is 418 g/mol. The van der Waals surface area contributed by atoms with Gasteiger partial charge in [0.15, 0.2) is 0 Å². The quantitative estimate of drug-likeness (QED) is 0.714. The normalized spacial score (nSPS) is 15.9. The molecule has 0 aliphatic heterocycles. The largest absolute Gasteiger partial charge is 0.345 e. The second-order valence-electron chi connectivity index (χ2n) is 7.60. The minimum Gasteiger partial charge on any atom is -0.345 e. The number of hydrogen-bond acceptors (Lipinski definition) is 4. The number of aryl methyl sites for hydroxylation is 1. The number of carbonyl (C=O) groups excluding carboxylic acids is 1. The van der Waals surface area contributed by atoms with Gasteiger partial charge in [-0.1, -0.05) is 44.2 Å². The number of benzene rings is 1. The van der Waals surface area contributed by atoms with Crippen LogP contribution in [-0.2, 0) is 26.9 Å². The summed E-state index contributed by atoms with van der Waals surface area (Å²) in [6.45, 7) is 7.78. The summed E-state index contributed by atoms with van der Waals surface area (Å²) in [5.41, 5.74) is 1.69. The van der Waals surface area contributed by atoms with E-state index in [0.717, 1.165) is 24.8 Å². The van der Waals surface area contributed by atoms with Crippen LogP contribution in [-0.4, -0.2) is 41.5 Å². The highest BCUT2D eigenvalue weighted by atomic mass is 32.2. The van der Waals surface area contributed by atoms with Crippen molar-refractivity contribution >= 4 is 15.9 Å². The predicted molar refractivity (Wildman–Crippen MR) is 112 cm³/mol. The molecule has 1 aromatic carbocycles. The van der Waals surface area contributed by atoms with Gasteiger partial charge in [0.2, 0.25) is 15.9 Å². The first-order valence-electron chi connectivity index (χ1n) is 10.2. The Labute approximate surface area is 173 Å². The number of carbonyl (C=O) groups is 1. The lowest BCUT2D eigenvalue weighted by atomic mass is 9.72. The number of nitrogens with one attached hydrogen (secondary N) is 1. The Bertz CT molecular complexity index is 975. The van der Waals surface area contributed by atoms with Gasteiger partial charge in [-0.05, 0) is 38.7 Å². The van der Waals surface area contributed by atoms with E-state index >= 15 is 0 Å². The van der Waals surface area contributed by atoms with Gasteiger partial charge in [0.1, 0.15) is 11.4 Å². The van der Waals surface area contributed by atoms with Gasteiger partial charge in [-0.25, -0.2) is 8.42 Å². The van der Waals surface area contributed by atoms with Gasteiger partial charge in [0, 0.05) is 13.1 Å². The zero-order chi connectivity index (χ0) is 21.2. The molecule has 0 atom stereocenters. The first-order chi connectivity index (χ1) is 13.7. The number of sulfonamides is 1. The van der Waals surface area contributed by atoms with Crippen LogP contribution in [0.4, 0.5) is 0 Å². The minimum absolute atomic E-state index is 0.00493. The molecule has 0 saturated heterocycles. The molecule has 3 rings (SSSR count). The van der Waals surface area contributed by atoms with E-state index in [1.165, 1.54) is 8.99 Å². The second kappa shape index (κ2) is 8.28. The van der Waals surface area contributed by atoms with Gasteiger partial charge in [-0.3, -0.25) is 9.48 Å². The van der Waals surface area contributed by atoms with Crippen LogP contribution in [0, 0.1) is 13.8 Å². The summed E-state index contributed by atoms with van der Waals surface area (Å²) in [5.74, 6) is -0.161. The van der Waals surface area contributed by atoms with E-state index in [4.69, 9.17) is 0 Å². The molecule has 1 aliphatic rings. The molecule has 1 fully saturated rings. The Morgan fingerprint density at radius 3 is 2.31 bits per heavy atom. The zero-order valence-electron chi connectivity index (χ0n) is 17.6. The molecule has 1 saturated carbocycles. The average Bonchev–Trinajstić information content (AvgIpc) is 2.93. The standard InChI is InChI=1S/C21H30N4O3S/c1-5-24(6-2)29(27,28)20-16(3)23-25(17(20)4)15-19(26)22-21(13-10-14-21)18-11-8-7-9-12-18/h7-9,11-12H,5-6,10,13-15H2,1-4H3,(H,22,26). The van der Waals surface area contributed by atoms with Crippen molar-refractivity contribution < 1.29 is 13.2 Å². The summed E-state index contributed by atoms with van der Waals surface area (Å²) in [4.78, 5) is 13.0. The first-order valence-corrected chi connectivity index (χ1v) is 11.6. The summed E-state index contributed by atoms with van der Waals surface area (Å²) in [5, 5.41) is 7.54. The minimum atomic E-state index is -3.63. The molecular formula is C21H30N4O3S. The molecule has 1 aliphatic carbocycles. The van der Waals surface area contributed by atoms with Crippen LogP contribution < -0.4 is 5.32 Å². The molecule has 29 heavy (non-hydrogen) atoms. The third-order valence-electron chi connectivity index (χ3n) is 5.82. The van der Waals surface area contributed by atoms with Crippen LogP contribution in [0.25, 0.3) is 0 Å². The predicted octanol–water partition coefficient (Wildman–Crippen LogP) is 2.73. The van der Waals surface area contributed by atoms with Crippen LogP contribution in [0.1, 0.15) is 50.1 Å². The highest BCUT2D eigenvalue weighted by molar-refractivity contribution is 7.89. The summed E-state index contributed by atoms with van der Waals surface area (Å²) in [6, 6.07) is 10.0. The van der Waals surface area contributed by atoms with Gasteiger partial charge < -0.3 is 5.32 Å². The SMILES string of the molecule is CCN(CC)S(=O)(=O)c1c(C)nn(CC(=O)NC2(c3ccccc3)CCC2)c1C. The van der Waals surface area contributed by atoms with Crippen molar-refractivity contribution in [3.05, 3.63) is 47.3 Å². The summed E-state index contributed by atoms with van der Waals surface area (Å²) in [7, 11) is -3.63. The van der Waals surface area contributed by atoms with Crippen LogP contribution >= 0.6 is 0 Å². The maximum Gasteiger partial charge on any atom is 0.246 e. The Balaban J connectivity index is 1.82.